The number of hydrogen-bond donors (Lipinski definition) is 1. The van der Waals surface area contributed by atoms with Crippen molar-refractivity contribution in [3.8, 4) is 5.82 Å². The molecule has 0 saturated heterocycles. The normalized spacial score (nSPS) is 12.1. The van der Waals surface area contributed by atoms with Gasteiger partial charge < -0.3 is 5.32 Å². The van der Waals surface area contributed by atoms with Crippen LogP contribution >= 0.6 is 0 Å². The molecule has 5 nitrogen and oxygen atoms in total. The summed E-state index contributed by atoms with van der Waals surface area (Å²) in [5.74, 6) is 1.79. The van der Waals surface area contributed by atoms with Crippen LogP contribution in [0.1, 0.15) is 24.4 Å². The molecule has 0 radical (unpaired) electrons. The van der Waals surface area contributed by atoms with Gasteiger partial charge in [0.1, 0.15) is 11.6 Å². The summed E-state index contributed by atoms with van der Waals surface area (Å²) >= 11 is 0. The number of hydrogen-bond acceptors (Lipinski definition) is 4. The molecule has 1 atom stereocenters. The van der Waals surface area contributed by atoms with Crippen molar-refractivity contribution in [2.75, 3.05) is 5.32 Å². The van der Waals surface area contributed by atoms with Crippen LogP contribution in [0.3, 0.4) is 0 Å². The number of aromatic nitrogens is 4. The zero-order chi connectivity index (χ0) is 14.7. The smallest absolute Gasteiger partial charge is 0.138 e. The lowest BCUT2D eigenvalue weighted by Crippen LogP contribution is -2.07. The molecule has 3 aromatic heterocycles. The molecule has 0 aliphatic rings. The van der Waals surface area contributed by atoms with Crippen LogP contribution in [0.25, 0.3) is 5.82 Å². The van der Waals surface area contributed by atoms with Gasteiger partial charge in [0.05, 0.1) is 17.9 Å². The van der Waals surface area contributed by atoms with Crippen LogP contribution in [0.2, 0.25) is 0 Å². The van der Waals surface area contributed by atoms with E-state index in [-0.39, 0.29) is 6.04 Å². The first-order valence-corrected chi connectivity index (χ1v) is 6.87. The van der Waals surface area contributed by atoms with Gasteiger partial charge in [-0.1, -0.05) is 6.07 Å². The van der Waals surface area contributed by atoms with Crippen molar-refractivity contribution in [1.82, 2.24) is 19.5 Å². The monoisotopic (exact) mass is 279 g/mol. The lowest BCUT2D eigenvalue weighted by molar-refractivity contribution is 0.871. The van der Waals surface area contributed by atoms with Crippen molar-refractivity contribution in [3.05, 3.63) is 66.6 Å². The van der Waals surface area contributed by atoms with E-state index < -0.39 is 0 Å². The van der Waals surface area contributed by atoms with Crippen molar-refractivity contribution < 1.29 is 0 Å². The molecule has 3 aromatic rings. The summed E-state index contributed by atoms with van der Waals surface area (Å²) in [5, 5.41) is 3.42. The average Bonchev–Trinajstić information content (AvgIpc) is 2.95. The minimum absolute atomic E-state index is 0.182. The molecule has 0 bridgehead atoms. The van der Waals surface area contributed by atoms with Gasteiger partial charge in [-0.3, -0.25) is 9.55 Å². The van der Waals surface area contributed by atoms with Gasteiger partial charge in [-0.15, -0.1) is 0 Å². The first kappa shape index (κ1) is 13.3. The quantitative estimate of drug-likeness (QED) is 0.797. The Kier molecular flexibility index (Phi) is 3.64. The van der Waals surface area contributed by atoms with E-state index >= 15 is 0 Å². The standard InChI is InChI=1S/C16H17N5/c1-12(14-4-3-7-17-10-14)20-15-5-6-16(19-11-15)21-9-8-18-13(21)2/h3-12,20H,1-2H3. The molecule has 21 heavy (non-hydrogen) atoms. The Morgan fingerprint density at radius 1 is 1.10 bits per heavy atom. The lowest BCUT2D eigenvalue weighted by Gasteiger charge is -2.15. The third kappa shape index (κ3) is 2.91. The summed E-state index contributed by atoms with van der Waals surface area (Å²) in [6.45, 7) is 4.06. The van der Waals surface area contributed by atoms with Crippen LogP contribution in [0.5, 0.6) is 0 Å². The Morgan fingerprint density at radius 3 is 2.62 bits per heavy atom. The van der Waals surface area contributed by atoms with Crippen LogP contribution in [0.15, 0.2) is 55.2 Å². The third-order valence-electron chi connectivity index (χ3n) is 3.39. The Morgan fingerprint density at radius 2 is 2.00 bits per heavy atom. The Bertz CT molecular complexity index is 703. The second-order valence-electron chi connectivity index (χ2n) is 4.90. The van der Waals surface area contributed by atoms with Gasteiger partial charge in [-0.05, 0) is 37.6 Å². The van der Waals surface area contributed by atoms with Gasteiger partial charge in [-0.25, -0.2) is 9.97 Å². The maximum Gasteiger partial charge on any atom is 0.138 e. The topological polar surface area (TPSA) is 55.6 Å². The highest BCUT2D eigenvalue weighted by Crippen LogP contribution is 2.18. The molecule has 3 heterocycles. The molecule has 0 aliphatic heterocycles. The molecule has 5 heteroatoms. The maximum atomic E-state index is 4.47. The molecule has 1 unspecified atom stereocenters. The number of aryl methyl sites for hydroxylation is 1. The minimum atomic E-state index is 0.182. The third-order valence-corrected chi connectivity index (χ3v) is 3.39. The van der Waals surface area contributed by atoms with Crippen LogP contribution in [0.4, 0.5) is 5.69 Å². The second-order valence-corrected chi connectivity index (χ2v) is 4.90. The maximum absolute atomic E-state index is 4.47. The van der Waals surface area contributed by atoms with Crippen LogP contribution in [0, 0.1) is 6.92 Å². The molecule has 0 spiro atoms. The molecule has 3 rings (SSSR count). The van der Waals surface area contributed by atoms with E-state index in [0.717, 1.165) is 22.9 Å². The summed E-state index contributed by atoms with van der Waals surface area (Å²) < 4.78 is 1.95. The minimum Gasteiger partial charge on any atom is -0.377 e. The van der Waals surface area contributed by atoms with Gasteiger partial charge in [0.2, 0.25) is 0 Å². The van der Waals surface area contributed by atoms with E-state index in [0.29, 0.717) is 0 Å². The fraction of sp³-hybridized carbons (Fsp3) is 0.188. The van der Waals surface area contributed by atoms with E-state index in [1.54, 1.807) is 12.4 Å². The largest absolute Gasteiger partial charge is 0.377 e. The molecular formula is C16H17N5. The van der Waals surface area contributed by atoms with Gasteiger partial charge in [0, 0.05) is 24.8 Å². The van der Waals surface area contributed by atoms with Crippen molar-refractivity contribution in [3.63, 3.8) is 0 Å². The van der Waals surface area contributed by atoms with Crippen molar-refractivity contribution in [2.45, 2.75) is 19.9 Å². The highest BCUT2D eigenvalue weighted by molar-refractivity contribution is 5.45. The van der Waals surface area contributed by atoms with E-state index in [1.165, 1.54) is 0 Å². The summed E-state index contributed by atoms with van der Waals surface area (Å²) in [7, 11) is 0. The molecule has 1 N–H and O–H groups in total. The van der Waals surface area contributed by atoms with Crippen LogP contribution in [-0.2, 0) is 0 Å². The molecule has 0 amide bonds. The first-order valence-electron chi connectivity index (χ1n) is 6.87. The fourth-order valence-corrected chi connectivity index (χ4v) is 2.20. The molecule has 0 aliphatic carbocycles. The highest BCUT2D eigenvalue weighted by Gasteiger charge is 2.06. The SMILES string of the molecule is Cc1nccn1-c1ccc(NC(C)c2cccnc2)cn1. The molecule has 0 fully saturated rings. The van der Waals surface area contributed by atoms with Crippen molar-refractivity contribution >= 4 is 5.69 Å². The van der Waals surface area contributed by atoms with E-state index in [1.807, 2.05) is 48.3 Å². The van der Waals surface area contributed by atoms with Crippen molar-refractivity contribution in [2.24, 2.45) is 0 Å². The second kappa shape index (κ2) is 5.75. The number of pyridine rings is 2. The first-order chi connectivity index (χ1) is 10.2. The fourth-order valence-electron chi connectivity index (χ4n) is 2.20. The zero-order valence-electron chi connectivity index (χ0n) is 12.1. The number of imidazole rings is 1. The van der Waals surface area contributed by atoms with Gasteiger partial charge >= 0.3 is 0 Å². The summed E-state index contributed by atoms with van der Waals surface area (Å²) in [5.41, 5.74) is 2.12. The van der Waals surface area contributed by atoms with E-state index in [2.05, 4.69) is 33.3 Å². The van der Waals surface area contributed by atoms with Gasteiger partial charge in [0.25, 0.3) is 0 Å². The van der Waals surface area contributed by atoms with Crippen LogP contribution in [-0.4, -0.2) is 19.5 Å². The predicted octanol–water partition coefficient (Wildman–Crippen LogP) is 3.14. The van der Waals surface area contributed by atoms with E-state index in [9.17, 15) is 0 Å². The highest BCUT2D eigenvalue weighted by atomic mass is 15.1. The summed E-state index contributed by atoms with van der Waals surface area (Å²) in [6, 6.07) is 8.18. The number of anilines is 1. The molecule has 106 valence electrons. The van der Waals surface area contributed by atoms with Crippen LogP contribution < -0.4 is 5.32 Å². The lowest BCUT2D eigenvalue weighted by atomic mass is 10.1. The molecular weight excluding hydrogens is 262 g/mol. The molecule has 0 aromatic carbocycles. The van der Waals surface area contributed by atoms with E-state index in [4.69, 9.17) is 0 Å². The van der Waals surface area contributed by atoms with Crippen molar-refractivity contribution in [1.29, 1.82) is 0 Å². The average molecular weight is 279 g/mol. The van der Waals surface area contributed by atoms with Gasteiger partial charge in [-0.2, -0.15) is 0 Å². The summed E-state index contributed by atoms with van der Waals surface area (Å²) in [4.78, 5) is 12.8. The number of rotatable bonds is 4. The Hall–Kier alpha value is -2.69. The molecule has 0 saturated carbocycles. The van der Waals surface area contributed by atoms with Gasteiger partial charge in [0.15, 0.2) is 0 Å². The predicted molar refractivity (Wildman–Crippen MR) is 82.4 cm³/mol. The number of nitrogens with one attached hydrogen (secondary N) is 1. The Labute approximate surface area is 123 Å². The number of nitrogens with zero attached hydrogens (tertiary/aromatic N) is 4. The Balaban J connectivity index is 1.75. The summed E-state index contributed by atoms with van der Waals surface area (Å²) in [6.07, 6.45) is 9.16. The zero-order valence-corrected chi connectivity index (χ0v) is 12.1.